The van der Waals surface area contributed by atoms with Crippen molar-refractivity contribution in [3.8, 4) is 5.75 Å². The molecule has 1 N–H and O–H groups in total. The number of amides is 2. The lowest BCUT2D eigenvalue weighted by molar-refractivity contribution is -0.143. The van der Waals surface area contributed by atoms with E-state index in [1.54, 1.807) is 4.90 Å². The van der Waals surface area contributed by atoms with Gasteiger partial charge < -0.3 is 15.0 Å². The van der Waals surface area contributed by atoms with Crippen LogP contribution < -0.4 is 10.1 Å². The van der Waals surface area contributed by atoms with Gasteiger partial charge in [-0.1, -0.05) is 43.3 Å². The van der Waals surface area contributed by atoms with E-state index in [1.165, 1.54) is 0 Å². The Morgan fingerprint density at radius 2 is 1.65 bits per heavy atom. The van der Waals surface area contributed by atoms with Crippen LogP contribution in [0.5, 0.6) is 5.75 Å². The van der Waals surface area contributed by atoms with Gasteiger partial charge in [0.25, 0.3) is 5.91 Å². The summed E-state index contributed by atoms with van der Waals surface area (Å²) in [5.41, 5.74) is 3.85. The van der Waals surface area contributed by atoms with E-state index in [0.717, 1.165) is 22.3 Å². The van der Waals surface area contributed by atoms with Crippen molar-refractivity contribution < 1.29 is 14.3 Å². The Morgan fingerprint density at radius 1 is 1.00 bits per heavy atom. The lowest BCUT2D eigenvalue weighted by atomic mass is 10.0. The minimum atomic E-state index is -0.575. The highest BCUT2D eigenvalue weighted by Crippen LogP contribution is 2.21. The van der Waals surface area contributed by atoms with Crippen LogP contribution in [0.4, 0.5) is 0 Å². The van der Waals surface area contributed by atoms with Gasteiger partial charge in [0.2, 0.25) is 5.91 Å². The summed E-state index contributed by atoms with van der Waals surface area (Å²) >= 11 is 0. The van der Waals surface area contributed by atoms with Gasteiger partial charge in [0.05, 0.1) is 0 Å². The first-order chi connectivity index (χ1) is 14.5. The molecule has 2 aromatic carbocycles. The fourth-order valence-corrected chi connectivity index (χ4v) is 3.45. The molecule has 0 saturated heterocycles. The number of rotatable bonds is 8. The van der Waals surface area contributed by atoms with Gasteiger partial charge in [-0.3, -0.25) is 9.59 Å². The van der Waals surface area contributed by atoms with Gasteiger partial charge in [0.1, 0.15) is 11.8 Å². The summed E-state index contributed by atoms with van der Waals surface area (Å²) in [5.74, 6) is 0.333. The topological polar surface area (TPSA) is 58.6 Å². The Labute approximate surface area is 186 Å². The monoisotopic (exact) mass is 424 g/mol. The molecular weight excluding hydrogens is 388 g/mol. The molecule has 1 unspecified atom stereocenters. The maximum atomic E-state index is 13.3. The molecule has 0 aliphatic carbocycles. The average molecular weight is 425 g/mol. The number of carbonyl (C=O) groups excluding carboxylic acids is 2. The summed E-state index contributed by atoms with van der Waals surface area (Å²) in [6.07, 6.45) is 0.517. The molecule has 5 heteroatoms. The lowest BCUT2D eigenvalue weighted by Crippen LogP contribution is -2.54. The van der Waals surface area contributed by atoms with Crippen LogP contribution in [0.1, 0.15) is 56.4 Å². The summed E-state index contributed by atoms with van der Waals surface area (Å²) in [7, 11) is 0. The Balaban J connectivity index is 2.28. The van der Waals surface area contributed by atoms with Crippen LogP contribution in [0.25, 0.3) is 0 Å². The number of hydrogen-bond acceptors (Lipinski definition) is 3. The first-order valence-electron chi connectivity index (χ1n) is 10.9. The molecule has 2 amide bonds. The molecule has 31 heavy (non-hydrogen) atoms. The molecule has 5 nitrogen and oxygen atoms in total. The van der Waals surface area contributed by atoms with Crippen molar-refractivity contribution in [2.75, 3.05) is 6.61 Å². The van der Waals surface area contributed by atoms with Gasteiger partial charge in [0, 0.05) is 12.1 Å². The summed E-state index contributed by atoms with van der Waals surface area (Å²) in [6.45, 7) is 14.0. The molecule has 0 aromatic heterocycles. The van der Waals surface area contributed by atoms with Gasteiger partial charge >= 0.3 is 0 Å². The zero-order chi connectivity index (χ0) is 23.2. The molecule has 0 aliphatic rings. The molecule has 168 valence electrons. The van der Waals surface area contributed by atoms with E-state index in [0.29, 0.717) is 18.7 Å². The molecule has 0 fully saturated rings. The van der Waals surface area contributed by atoms with Crippen LogP contribution in [0.3, 0.4) is 0 Å². The lowest BCUT2D eigenvalue weighted by Gasteiger charge is -2.33. The Hall–Kier alpha value is -2.82. The molecule has 0 bridgehead atoms. The fraction of sp³-hybridized carbons (Fsp3) is 0.462. The van der Waals surface area contributed by atoms with Crippen LogP contribution in [0, 0.1) is 20.8 Å². The van der Waals surface area contributed by atoms with Crippen molar-refractivity contribution in [3.63, 3.8) is 0 Å². The molecule has 0 aliphatic heterocycles. The molecule has 2 aromatic rings. The zero-order valence-electron chi connectivity index (χ0n) is 19.9. The van der Waals surface area contributed by atoms with E-state index in [2.05, 4.69) is 5.32 Å². The first kappa shape index (κ1) is 24.4. The molecular formula is C26H36N2O3. The Kier molecular flexibility index (Phi) is 8.26. The van der Waals surface area contributed by atoms with Crippen molar-refractivity contribution in [1.82, 2.24) is 10.2 Å². The summed E-state index contributed by atoms with van der Waals surface area (Å²) in [4.78, 5) is 28.0. The zero-order valence-corrected chi connectivity index (χ0v) is 19.9. The predicted octanol–water partition coefficient (Wildman–Crippen LogP) is 4.71. The van der Waals surface area contributed by atoms with Gasteiger partial charge in [0.15, 0.2) is 6.61 Å². The van der Waals surface area contributed by atoms with E-state index in [4.69, 9.17) is 4.74 Å². The highest BCUT2D eigenvalue weighted by atomic mass is 16.5. The van der Waals surface area contributed by atoms with E-state index in [1.807, 2.05) is 90.9 Å². The van der Waals surface area contributed by atoms with Crippen LogP contribution in [0.15, 0.2) is 42.5 Å². The molecule has 0 heterocycles. The quantitative estimate of drug-likeness (QED) is 0.667. The third kappa shape index (κ3) is 6.84. The molecule has 2 rings (SSSR count). The fourth-order valence-electron chi connectivity index (χ4n) is 3.45. The normalized spacial score (nSPS) is 12.2. The third-order valence-electron chi connectivity index (χ3n) is 5.39. The van der Waals surface area contributed by atoms with Crippen molar-refractivity contribution in [1.29, 1.82) is 0 Å². The van der Waals surface area contributed by atoms with Gasteiger partial charge in [-0.05, 0) is 76.3 Å². The van der Waals surface area contributed by atoms with Crippen LogP contribution in [-0.4, -0.2) is 34.9 Å². The van der Waals surface area contributed by atoms with Gasteiger partial charge in [-0.25, -0.2) is 0 Å². The van der Waals surface area contributed by atoms with Gasteiger partial charge in [-0.2, -0.15) is 0 Å². The second-order valence-electron chi connectivity index (χ2n) is 9.10. The highest BCUT2D eigenvalue weighted by Gasteiger charge is 2.31. The van der Waals surface area contributed by atoms with Crippen LogP contribution >= 0.6 is 0 Å². The number of hydrogen-bond donors (Lipinski definition) is 1. The molecule has 0 spiro atoms. The second kappa shape index (κ2) is 10.5. The van der Waals surface area contributed by atoms with Gasteiger partial charge in [-0.15, -0.1) is 0 Å². The SMILES string of the molecule is CCC(C(=O)NC(C)(C)C)N(Cc1ccccc1C)C(=O)COc1cccc(C)c1C. The maximum Gasteiger partial charge on any atom is 0.261 e. The van der Waals surface area contributed by atoms with Crippen molar-refractivity contribution >= 4 is 11.8 Å². The second-order valence-corrected chi connectivity index (χ2v) is 9.10. The first-order valence-corrected chi connectivity index (χ1v) is 10.9. The summed E-state index contributed by atoms with van der Waals surface area (Å²) in [6, 6.07) is 13.2. The number of nitrogens with zero attached hydrogens (tertiary/aromatic N) is 1. The van der Waals surface area contributed by atoms with Crippen molar-refractivity contribution in [2.24, 2.45) is 0 Å². The van der Waals surface area contributed by atoms with Crippen molar-refractivity contribution in [3.05, 3.63) is 64.7 Å². The summed E-state index contributed by atoms with van der Waals surface area (Å²) in [5, 5.41) is 3.02. The average Bonchev–Trinajstić information content (AvgIpc) is 2.68. The smallest absolute Gasteiger partial charge is 0.261 e. The van der Waals surface area contributed by atoms with Crippen molar-refractivity contribution in [2.45, 2.75) is 73.0 Å². The highest BCUT2D eigenvalue weighted by molar-refractivity contribution is 5.88. The summed E-state index contributed by atoms with van der Waals surface area (Å²) < 4.78 is 5.88. The molecule has 1 atom stereocenters. The Morgan fingerprint density at radius 3 is 2.26 bits per heavy atom. The van der Waals surface area contributed by atoms with Crippen LogP contribution in [-0.2, 0) is 16.1 Å². The number of aryl methyl sites for hydroxylation is 2. The standard InChI is InChI=1S/C26H36N2O3/c1-8-22(25(30)27-26(5,6)7)28(16-21-14-10-9-12-19(21)3)24(29)17-31-23-15-11-13-18(2)20(23)4/h9-15,22H,8,16-17H2,1-7H3,(H,27,30). The third-order valence-corrected chi connectivity index (χ3v) is 5.39. The van der Waals surface area contributed by atoms with E-state index in [-0.39, 0.29) is 24.0 Å². The number of ether oxygens (including phenoxy) is 1. The predicted molar refractivity (Wildman–Crippen MR) is 125 cm³/mol. The minimum Gasteiger partial charge on any atom is -0.483 e. The van der Waals surface area contributed by atoms with E-state index >= 15 is 0 Å². The van der Waals surface area contributed by atoms with E-state index in [9.17, 15) is 9.59 Å². The number of nitrogens with one attached hydrogen (secondary N) is 1. The van der Waals surface area contributed by atoms with E-state index < -0.39 is 6.04 Å². The molecule has 0 radical (unpaired) electrons. The Bertz CT molecular complexity index is 915. The molecule has 0 saturated carbocycles. The minimum absolute atomic E-state index is 0.116. The number of benzene rings is 2. The number of carbonyl (C=O) groups is 2. The maximum absolute atomic E-state index is 13.3. The van der Waals surface area contributed by atoms with Crippen LogP contribution in [0.2, 0.25) is 0 Å². The largest absolute Gasteiger partial charge is 0.483 e.